The Morgan fingerprint density at radius 1 is 0.741 bits per heavy atom. The van der Waals surface area contributed by atoms with Crippen LogP contribution in [0.5, 0.6) is 5.75 Å². The van der Waals surface area contributed by atoms with Crippen molar-refractivity contribution in [1.82, 2.24) is 4.98 Å². The van der Waals surface area contributed by atoms with Crippen molar-refractivity contribution >= 4 is 57.0 Å². The number of aromatic nitrogens is 1. The van der Waals surface area contributed by atoms with Crippen molar-refractivity contribution in [2.75, 3.05) is 10.6 Å². The fraction of sp³-hybridized carbons (Fsp3) is 0. The van der Waals surface area contributed by atoms with Gasteiger partial charge in [-0.2, -0.15) is 0 Å². The Bertz CT molecular complexity index is 1130. The predicted molar refractivity (Wildman–Crippen MR) is 113 cm³/mol. The smallest absolute Gasteiger partial charge is 0.139 e. The SMILES string of the molecule is Oc1ccccc1Nc1cc(Nc2ccc(Cl)c(Cl)c2)c2ccccc2n1. The third-order valence-corrected chi connectivity index (χ3v) is 4.82. The first-order valence-electron chi connectivity index (χ1n) is 8.27. The normalized spacial score (nSPS) is 10.7. The minimum atomic E-state index is 0.159. The first kappa shape index (κ1) is 17.5. The largest absolute Gasteiger partial charge is 0.506 e. The second-order valence-electron chi connectivity index (χ2n) is 5.97. The highest BCUT2D eigenvalue weighted by Crippen LogP contribution is 2.33. The first-order chi connectivity index (χ1) is 13.1. The van der Waals surface area contributed by atoms with Crippen LogP contribution in [0.3, 0.4) is 0 Å². The maximum absolute atomic E-state index is 10.0. The van der Waals surface area contributed by atoms with Crippen LogP contribution in [0, 0.1) is 0 Å². The van der Waals surface area contributed by atoms with E-state index in [-0.39, 0.29) is 5.75 Å². The van der Waals surface area contributed by atoms with Crippen LogP contribution in [0.1, 0.15) is 0 Å². The lowest BCUT2D eigenvalue weighted by molar-refractivity contribution is 0.477. The maximum Gasteiger partial charge on any atom is 0.139 e. The zero-order chi connectivity index (χ0) is 18.8. The molecular weight excluding hydrogens is 381 g/mol. The number of hydrogen-bond acceptors (Lipinski definition) is 4. The standard InChI is InChI=1S/C21H15Cl2N3O/c22-15-10-9-13(11-16(15)23)24-19-12-21(25-17-6-2-1-5-14(17)19)26-18-7-3-4-8-20(18)27/h1-12,27H,(H2,24,25,26). The molecule has 0 unspecified atom stereocenters. The van der Waals surface area contributed by atoms with Crippen LogP contribution in [0.25, 0.3) is 10.9 Å². The van der Waals surface area contributed by atoms with Gasteiger partial charge in [0.05, 0.1) is 26.9 Å². The topological polar surface area (TPSA) is 57.2 Å². The van der Waals surface area contributed by atoms with E-state index in [0.717, 1.165) is 22.3 Å². The molecule has 6 heteroatoms. The van der Waals surface area contributed by atoms with E-state index in [1.807, 2.05) is 42.5 Å². The molecule has 0 aliphatic heterocycles. The summed E-state index contributed by atoms with van der Waals surface area (Å²) in [6.45, 7) is 0. The van der Waals surface area contributed by atoms with Gasteiger partial charge in [0.25, 0.3) is 0 Å². The third kappa shape index (κ3) is 3.77. The molecule has 3 aromatic carbocycles. The van der Waals surface area contributed by atoms with E-state index in [4.69, 9.17) is 23.2 Å². The Morgan fingerprint density at radius 3 is 2.33 bits per heavy atom. The van der Waals surface area contributed by atoms with E-state index in [1.165, 1.54) is 0 Å². The van der Waals surface area contributed by atoms with Gasteiger partial charge in [0.15, 0.2) is 0 Å². The van der Waals surface area contributed by atoms with Crippen molar-refractivity contribution in [2.45, 2.75) is 0 Å². The van der Waals surface area contributed by atoms with Gasteiger partial charge in [-0.05, 0) is 36.4 Å². The van der Waals surface area contributed by atoms with Gasteiger partial charge in [0, 0.05) is 17.1 Å². The molecule has 0 spiro atoms. The van der Waals surface area contributed by atoms with E-state index in [2.05, 4.69) is 15.6 Å². The van der Waals surface area contributed by atoms with E-state index < -0.39 is 0 Å². The van der Waals surface area contributed by atoms with Gasteiger partial charge in [-0.15, -0.1) is 0 Å². The van der Waals surface area contributed by atoms with Gasteiger partial charge in [0.2, 0.25) is 0 Å². The highest BCUT2D eigenvalue weighted by atomic mass is 35.5. The van der Waals surface area contributed by atoms with Crippen molar-refractivity contribution in [3.05, 3.63) is 82.8 Å². The number of aromatic hydroxyl groups is 1. The maximum atomic E-state index is 10.0. The summed E-state index contributed by atoms with van der Waals surface area (Å²) in [5.74, 6) is 0.768. The van der Waals surface area contributed by atoms with E-state index in [0.29, 0.717) is 21.6 Å². The predicted octanol–water partition coefficient (Wildman–Crippen LogP) is 6.73. The molecule has 1 aromatic heterocycles. The molecule has 27 heavy (non-hydrogen) atoms. The molecule has 0 aliphatic rings. The second kappa shape index (κ2) is 7.35. The molecule has 3 N–H and O–H groups in total. The third-order valence-electron chi connectivity index (χ3n) is 4.08. The Labute approximate surface area is 166 Å². The average Bonchev–Trinajstić information content (AvgIpc) is 2.67. The summed E-state index contributed by atoms with van der Waals surface area (Å²) in [6, 6.07) is 22.1. The molecule has 0 radical (unpaired) electrons. The van der Waals surface area contributed by atoms with E-state index in [1.54, 1.807) is 30.3 Å². The summed E-state index contributed by atoms with van der Waals surface area (Å²) in [6.07, 6.45) is 0. The molecule has 4 rings (SSSR count). The highest BCUT2D eigenvalue weighted by Gasteiger charge is 2.09. The molecular formula is C21H15Cl2N3O. The summed E-state index contributed by atoms with van der Waals surface area (Å²) >= 11 is 12.1. The van der Waals surface area contributed by atoms with Gasteiger partial charge >= 0.3 is 0 Å². The molecule has 0 aliphatic carbocycles. The van der Waals surface area contributed by atoms with Crippen molar-refractivity contribution in [2.24, 2.45) is 0 Å². The summed E-state index contributed by atoms with van der Waals surface area (Å²) in [4.78, 5) is 4.64. The van der Waals surface area contributed by atoms with Gasteiger partial charge in [-0.3, -0.25) is 0 Å². The zero-order valence-corrected chi connectivity index (χ0v) is 15.6. The first-order valence-corrected chi connectivity index (χ1v) is 9.02. The number of nitrogens with zero attached hydrogens (tertiary/aromatic N) is 1. The molecule has 0 saturated carbocycles. The van der Waals surface area contributed by atoms with Crippen LogP contribution >= 0.6 is 23.2 Å². The summed E-state index contributed by atoms with van der Waals surface area (Å²) in [5.41, 5.74) is 3.08. The fourth-order valence-corrected chi connectivity index (χ4v) is 3.09. The lowest BCUT2D eigenvalue weighted by Gasteiger charge is -2.14. The van der Waals surface area contributed by atoms with Crippen LogP contribution in [0.15, 0.2) is 72.8 Å². The van der Waals surface area contributed by atoms with E-state index in [9.17, 15) is 5.11 Å². The van der Waals surface area contributed by atoms with Gasteiger partial charge in [0.1, 0.15) is 11.6 Å². The number of fused-ring (bicyclic) bond motifs is 1. The van der Waals surface area contributed by atoms with Gasteiger partial charge in [-0.1, -0.05) is 53.5 Å². The summed E-state index contributed by atoms with van der Waals surface area (Å²) in [5, 5.41) is 18.5. The molecule has 4 nitrogen and oxygen atoms in total. The fourth-order valence-electron chi connectivity index (χ4n) is 2.79. The van der Waals surface area contributed by atoms with Crippen molar-refractivity contribution < 1.29 is 5.11 Å². The van der Waals surface area contributed by atoms with Crippen molar-refractivity contribution in [1.29, 1.82) is 0 Å². The minimum absolute atomic E-state index is 0.159. The molecule has 0 amide bonds. The number of hydrogen-bond donors (Lipinski definition) is 3. The Balaban J connectivity index is 1.76. The van der Waals surface area contributed by atoms with Gasteiger partial charge in [-0.25, -0.2) is 4.98 Å². The van der Waals surface area contributed by atoms with Crippen LogP contribution < -0.4 is 10.6 Å². The number of rotatable bonds is 4. The molecule has 0 saturated heterocycles. The lowest BCUT2D eigenvalue weighted by Crippen LogP contribution is -1.98. The Morgan fingerprint density at radius 2 is 1.52 bits per heavy atom. The number of benzene rings is 3. The van der Waals surface area contributed by atoms with Crippen molar-refractivity contribution in [3.63, 3.8) is 0 Å². The number of para-hydroxylation sites is 3. The molecule has 4 aromatic rings. The molecule has 134 valence electrons. The molecule has 0 atom stereocenters. The number of pyridine rings is 1. The monoisotopic (exact) mass is 395 g/mol. The zero-order valence-electron chi connectivity index (χ0n) is 14.1. The molecule has 0 fully saturated rings. The number of nitrogens with one attached hydrogen (secondary N) is 2. The van der Waals surface area contributed by atoms with Crippen LogP contribution in [-0.2, 0) is 0 Å². The minimum Gasteiger partial charge on any atom is -0.506 e. The Kier molecular flexibility index (Phi) is 4.75. The quantitative estimate of drug-likeness (QED) is 0.335. The number of halogens is 2. The Hall–Kier alpha value is -2.95. The second-order valence-corrected chi connectivity index (χ2v) is 6.78. The summed E-state index contributed by atoms with van der Waals surface area (Å²) < 4.78 is 0. The van der Waals surface area contributed by atoms with Crippen molar-refractivity contribution in [3.8, 4) is 5.75 Å². The number of phenols is 1. The van der Waals surface area contributed by atoms with E-state index >= 15 is 0 Å². The molecule has 0 bridgehead atoms. The van der Waals surface area contributed by atoms with Crippen LogP contribution in [-0.4, -0.2) is 10.1 Å². The number of anilines is 4. The van der Waals surface area contributed by atoms with Crippen LogP contribution in [0.2, 0.25) is 10.0 Å². The van der Waals surface area contributed by atoms with Gasteiger partial charge < -0.3 is 15.7 Å². The van der Waals surface area contributed by atoms with Crippen LogP contribution in [0.4, 0.5) is 22.9 Å². The lowest BCUT2D eigenvalue weighted by atomic mass is 10.1. The highest BCUT2D eigenvalue weighted by molar-refractivity contribution is 6.42. The summed E-state index contributed by atoms with van der Waals surface area (Å²) in [7, 11) is 0. The number of phenolic OH excluding ortho intramolecular Hbond substituents is 1. The average molecular weight is 396 g/mol. The molecule has 1 heterocycles.